The fourth-order valence-corrected chi connectivity index (χ4v) is 6.71. The first-order chi connectivity index (χ1) is 22.0. The molecule has 1 aromatic heterocycles. The summed E-state index contributed by atoms with van der Waals surface area (Å²) in [6.07, 6.45) is 2.84. The summed E-state index contributed by atoms with van der Waals surface area (Å²) < 4.78 is 36.6. The van der Waals surface area contributed by atoms with Crippen LogP contribution >= 0.6 is 23.4 Å². The fraction of sp³-hybridized carbons (Fsp3) is 0.382. The van der Waals surface area contributed by atoms with Gasteiger partial charge in [0.2, 0.25) is 0 Å². The van der Waals surface area contributed by atoms with E-state index in [1.165, 1.54) is 12.4 Å². The molecular formula is C34H38ClFN4O5S. The number of hydrogen-bond donors (Lipinski definition) is 0. The second-order valence-electron chi connectivity index (χ2n) is 11.9. The lowest BCUT2D eigenvalue weighted by Gasteiger charge is -2.33. The van der Waals surface area contributed by atoms with Crippen LogP contribution in [0.5, 0.6) is 17.2 Å². The summed E-state index contributed by atoms with van der Waals surface area (Å²) in [5, 5.41) is 1.05. The van der Waals surface area contributed by atoms with Gasteiger partial charge in [0.25, 0.3) is 0 Å². The average Bonchev–Trinajstić information content (AvgIpc) is 3.04. The molecule has 0 spiro atoms. The van der Waals surface area contributed by atoms with Gasteiger partial charge in [0.05, 0.1) is 36.8 Å². The number of methoxy groups -OCH3 is 3. The highest BCUT2D eigenvalue weighted by atomic mass is 35.5. The number of fused-ring (bicyclic) bond motifs is 1. The van der Waals surface area contributed by atoms with E-state index in [1.54, 1.807) is 50.1 Å². The lowest BCUT2D eigenvalue weighted by molar-refractivity contribution is 0.0219. The van der Waals surface area contributed by atoms with E-state index in [9.17, 15) is 9.18 Å². The van der Waals surface area contributed by atoms with E-state index in [2.05, 4.69) is 4.98 Å². The van der Waals surface area contributed by atoms with Crippen molar-refractivity contribution in [1.82, 2.24) is 14.9 Å². The molecule has 3 aromatic carbocycles. The molecule has 1 saturated heterocycles. The Bertz CT molecular complexity index is 1710. The van der Waals surface area contributed by atoms with Crippen molar-refractivity contribution in [2.45, 2.75) is 55.9 Å². The molecule has 5 rings (SSSR count). The first-order valence-electron chi connectivity index (χ1n) is 14.9. The minimum Gasteiger partial charge on any atom is -0.496 e. The molecule has 4 aromatic rings. The zero-order chi connectivity index (χ0) is 33.0. The minimum absolute atomic E-state index is 0.00353. The van der Waals surface area contributed by atoms with Crippen molar-refractivity contribution in [2.24, 2.45) is 0 Å². The molecule has 46 heavy (non-hydrogen) atoms. The zero-order valence-electron chi connectivity index (χ0n) is 26.8. The van der Waals surface area contributed by atoms with Gasteiger partial charge in [-0.05, 0) is 75.6 Å². The summed E-state index contributed by atoms with van der Waals surface area (Å²) in [5.41, 5.74) is 1.72. The van der Waals surface area contributed by atoms with Gasteiger partial charge in [-0.2, -0.15) is 0 Å². The molecule has 1 amide bonds. The number of ether oxygens (including phenoxy) is 4. The summed E-state index contributed by atoms with van der Waals surface area (Å²) in [4.78, 5) is 26.6. The molecule has 2 heterocycles. The molecule has 0 saturated carbocycles. The Morgan fingerprint density at radius 1 is 0.978 bits per heavy atom. The number of likely N-dealkylation sites (tertiary alicyclic amines) is 1. The molecule has 1 aliphatic heterocycles. The molecule has 0 atom stereocenters. The number of amides is 1. The Morgan fingerprint density at radius 2 is 1.70 bits per heavy atom. The number of carbonyl (C=O) groups is 1. The van der Waals surface area contributed by atoms with Crippen LogP contribution in [0.25, 0.3) is 10.9 Å². The first kappa shape index (κ1) is 33.4. The van der Waals surface area contributed by atoms with Crippen LogP contribution in [0.3, 0.4) is 0 Å². The quantitative estimate of drug-likeness (QED) is 0.175. The van der Waals surface area contributed by atoms with Crippen LogP contribution < -0.4 is 19.1 Å². The van der Waals surface area contributed by atoms with Gasteiger partial charge in [-0.25, -0.2) is 19.2 Å². The molecule has 12 heteroatoms. The Labute approximate surface area is 277 Å². The Balaban J connectivity index is 1.49. The maximum atomic E-state index is 14.3. The highest BCUT2D eigenvalue weighted by Crippen LogP contribution is 2.42. The minimum atomic E-state index is -0.534. The smallest absolute Gasteiger partial charge is 0.410 e. The predicted molar refractivity (Wildman–Crippen MR) is 180 cm³/mol. The number of aromatic nitrogens is 2. The summed E-state index contributed by atoms with van der Waals surface area (Å²) in [6.45, 7) is 7.21. The number of thioether (sulfide) groups is 1. The largest absolute Gasteiger partial charge is 0.496 e. The van der Waals surface area contributed by atoms with E-state index in [0.717, 1.165) is 28.7 Å². The maximum Gasteiger partial charge on any atom is 0.410 e. The second kappa shape index (κ2) is 14.2. The van der Waals surface area contributed by atoms with Gasteiger partial charge in [0, 0.05) is 42.0 Å². The van der Waals surface area contributed by atoms with Crippen LogP contribution in [0.4, 0.5) is 20.7 Å². The van der Waals surface area contributed by atoms with E-state index < -0.39 is 11.4 Å². The second-order valence-corrected chi connectivity index (χ2v) is 13.6. The monoisotopic (exact) mass is 668 g/mol. The third kappa shape index (κ3) is 7.70. The summed E-state index contributed by atoms with van der Waals surface area (Å²) in [7, 11) is 4.82. The van der Waals surface area contributed by atoms with E-state index in [4.69, 9.17) is 35.5 Å². The molecule has 0 unspecified atom stereocenters. The molecular weight excluding hydrogens is 631 g/mol. The Hall–Kier alpha value is -3.96. The van der Waals surface area contributed by atoms with Gasteiger partial charge in [-0.1, -0.05) is 17.7 Å². The normalized spacial score (nSPS) is 13.9. The number of anilines is 2. The summed E-state index contributed by atoms with van der Waals surface area (Å²) in [6, 6.07) is 14.2. The van der Waals surface area contributed by atoms with Gasteiger partial charge in [0.1, 0.15) is 29.3 Å². The summed E-state index contributed by atoms with van der Waals surface area (Å²) >= 11 is 7.98. The number of carbonyl (C=O) groups excluding carboxylic acids is 1. The third-order valence-electron chi connectivity index (χ3n) is 7.55. The van der Waals surface area contributed by atoms with E-state index in [1.807, 2.05) is 56.0 Å². The summed E-state index contributed by atoms with van der Waals surface area (Å²) in [5.74, 6) is 2.01. The van der Waals surface area contributed by atoms with Crippen molar-refractivity contribution in [3.8, 4) is 17.2 Å². The molecule has 0 aliphatic carbocycles. The van der Waals surface area contributed by atoms with Crippen LogP contribution in [0.1, 0.15) is 39.2 Å². The fourth-order valence-electron chi connectivity index (χ4n) is 5.28. The van der Waals surface area contributed by atoms with Gasteiger partial charge in [-0.15, -0.1) is 11.8 Å². The molecule has 1 fully saturated rings. The van der Waals surface area contributed by atoms with E-state index in [0.29, 0.717) is 53.9 Å². The van der Waals surface area contributed by atoms with Crippen LogP contribution in [0, 0.1) is 5.82 Å². The average molecular weight is 669 g/mol. The number of hydrogen-bond acceptors (Lipinski definition) is 9. The molecule has 9 nitrogen and oxygen atoms in total. The van der Waals surface area contributed by atoms with Crippen molar-refractivity contribution in [2.75, 3.05) is 39.3 Å². The molecule has 1 aliphatic rings. The predicted octanol–water partition coefficient (Wildman–Crippen LogP) is 8.28. The van der Waals surface area contributed by atoms with Gasteiger partial charge in [0.15, 0.2) is 11.5 Å². The van der Waals surface area contributed by atoms with Crippen molar-refractivity contribution < 1.29 is 28.1 Å². The van der Waals surface area contributed by atoms with Crippen molar-refractivity contribution in [3.05, 3.63) is 71.3 Å². The topological polar surface area (TPSA) is 86.3 Å². The lowest BCUT2D eigenvalue weighted by atomic mass is 10.1. The molecule has 0 bridgehead atoms. The number of piperidine rings is 1. The maximum absolute atomic E-state index is 14.3. The molecule has 0 radical (unpaired) electrons. The standard InChI is InChI=1S/C34H38ClFN4O5S/c1-34(2,3)45-33(41)39-13-11-23(12-14-39)46-31-17-24-27(18-30(31)44-6)37-20-38-32(24)40(22-8-9-26(36)25(35)16-22)19-21-7-10-28(42-4)29(15-21)43-5/h7-10,15-18,20,23H,11-14,19H2,1-6H3. The van der Waals surface area contributed by atoms with Crippen LogP contribution in [-0.4, -0.2) is 66.2 Å². The van der Waals surface area contributed by atoms with Crippen molar-refractivity contribution >= 4 is 51.9 Å². The lowest BCUT2D eigenvalue weighted by Crippen LogP contribution is -2.42. The van der Waals surface area contributed by atoms with E-state index >= 15 is 0 Å². The molecule has 244 valence electrons. The van der Waals surface area contributed by atoms with Crippen molar-refractivity contribution in [1.29, 1.82) is 0 Å². The third-order valence-corrected chi connectivity index (χ3v) is 9.21. The Kier molecular flexibility index (Phi) is 10.3. The highest BCUT2D eigenvalue weighted by Gasteiger charge is 2.28. The number of nitrogens with zero attached hydrogens (tertiary/aromatic N) is 4. The zero-order valence-corrected chi connectivity index (χ0v) is 28.4. The number of benzene rings is 3. The first-order valence-corrected chi connectivity index (χ1v) is 16.2. The van der Waals surface area contributed by atoms with Crippen LogP contribution in [0.15, 0.2) is 59.8 Å². The number of halogens is 2. The van der Waals surface area contributed by atoms with Crippen molar-refractivity contribution in [3.63, 3.8) is 0 Å². The van der Waals surface area contributed by atoms with Gasteiger partial charge >= 0.3 is 6.09 Å². The number of rotatable bonds is 9. The van der Waals surface area contributed by atoms with Crippen LogP contribution in [0.2, 0.25) is 5.02 Å². The highest BCUT2D eigenvalue weighted by molar-refractivity contribution is 8.00. The SMILES string of the molecule is COc1ccc(CN(c2ccc(F)c(Cl)c2)c2ncnc3cc(OC)c(SC4CCN(C(=O)OC(C)(C)C)CC4)cc23)cc1OC. The van der Waals surface area contributed by atoms with Gasteiger partial charge in [-0.3, -0.25) is 0 Å². The van der Waals surface area contributed by atoms with Crippen LogP contribution in [-0.2, 0) is 11.3 Å². The van der Waals surface area contributed by atoms with Gasteiger partial charge < -0.3 is 28.7 Å². The van der Waals surface area contributed by atoms with E-state index in [-0.39, 0.29) is 16.4 Å². The molecule has 0 N–H and O–H groups in total. The Morgan fingerprint density at radius 3 is 2.35 bits per heavy atom.